The summed E-state index contributed by atoms with van der Waals surface area (Å²) in [6.07, 6.45) is 7.11. The summed E-state index contributed by atoms with van der Waals surface area (Å²) >= 11 is 0. The first-order chi connectivity index (χ1) is 10.4. The summed E-state index contributed by atoms with van der Waals surface area (Å²) in [5.74, 6) is 0. The fourth-order valence-electron chi connectivity index (χ4n) is 3.77. The molecule has 2 aliphatic heterocycles. The van der Waals surface area contributed by atoms with Crippen LogP contribution in [0.3, 0.4) is 0 Å². The van der Waals surface area contributed by atoms with Crippen molar-refractivity contribution < 1.29 is 0 Å². The Labute approximate surface area is 133 Å². The highest BCUT2D eigenvalue weighted by molar-refractivity contribution is 5.97. The van der Waals surface area contributed by atoms with E-state index in [1.807, 2.05) is 12.2 Å². The van der Waals surface area contributed by atoms with Gasteiger partial charge in [-0.15, -0.1) is 0 Å². The van der Waals surface area contributed by atoms with E-state index in [-0.39, 0.29) is 5.41 Å². The lowest BCUT2D eigenvalue weighted by atomic mass is 9.74. The van der Waals surface area contributed by atoms with Gasteiger partial charge in [0.25, 0.3) is 0 Å². The van der Waals surface area contributed by atoms with E-state index in [1.54, 1.807) is 0 Å². The Kier molecular flexibility index (Phi) is 3.25. The highest BCUT2D eigenvalue weighted by Gasteiger charge is 2.40. The second-order valence-corrected chi connectivity index (χ2v) is 6.62. The number of hydrogen-bond donors (Lipinski definition) is 0. The molecule has 0 N–H and O–H groups in total. The largest absolute Gasteiger partial charge is 0.313 e. The van der Waals surface area contributed by atoms with Gasteiger partial charge in [0.05, 0.1) is 5.69 Å². The standard InChI is InChI=1S/C21H23N/c1-7-10-17-14(3)15(4)22-19(8-2)21(5,6)13-16-11-9-12-18(17)20(16)22/h7-12H,1,3-4,13H2,2,5-6H3. The molecular weight excluding hydrogens is 266 g/mol. The van der Waals surface area contributed by atoms with Crippen molar-refractivity contribution in [3.8, 4) is 0 Å². The third-order valence-corrected chi connectivity index (χ3v) is 4.70. The molecule has 1 aromatic rings. The van der Waals surface area contributed by atoms with Crippen LogP contribution in [0.2, 0.25) is 0 Å². The predicted octanol–water partition coefficient (Wildman–Crippen LogP) is 5.63. The van der Waals surface area contributed by atoms with Gasteiger partial charge in [-0.2, -0.15) is 0 Å². The van der Waals surface area contributed by atoms with Crippen LogP contribution >= 0.6 is 0 Å². The topological polar surface area (TPSA) is 3.24 Å². The Morgan fingerprint density at radius 1 is 1.23 bits per heavy atom. The first-order valence-corrected chi connectivity index (χ1v) is 7.73. The highest BCUT2D eigenvalue weighted by atomic mass is 15.2. The molecule has 0 bridgehead atoms. The first-order valence-electron chi connectivity index (χ1n) is 7.73. The number of hydrogen-bond acceptors (Lipinski definition) is 1. The summed E-state index contributed by atoms with van der Waals surface area (Å²) in [5.41, 5.74) is 8.32. The smallest absolute Gasteiger partial charge is 0.0569 e. The molecule has 1 aromatic carbocycles. The molecule has 0 saturated heterocycles. The molecule has 1 nitrogen and oxygen atoms in total. The van der Waals surface area contributed by atoms with Gasteiger partial charge in [0.2, 0.25) is 0 Å². The van der Waals surface area contributed by atoms with Gasteiger partial charge in [-0.1, -0.05) is 70.0 Å². The Morgan fingerprint density at radius 2 is 1.95 bits per heavy atom. The van der Waals surface area contributed by atoms with Crippen molar-refractivity contribution in [2.75, 3.05) is 4.90 Å². The van der Waals surface area contributed by atoms with Crippen molar-refractivity contribution in [2.45, 2.75) is 27.2 Å². The van der Waals surface area contributed by atoms with Crippen LogP contribution in [0.15, 0.2) is 73.1 Å². The maximum absolute atomic E-state index is 4.33. The molecule has 0 radical (unpaired) electrons. The molecule has 0 saturated carbocycles. The van der Waals surface area contributed by atoms with Gasteiger partial charge < -0.3 is 4.90 Å². The maximum Gasteiger partial charge on any atom is 0.0569 e. The third kappa shape index (κ3) is 1.85. The van der Waals surface area contributed by atoms with Gasteiger partial charge in [0, 0.05) is 22.4 Å². The van der Waals surface area contributed by atoms with Crippen LogP contribution in [-0.2, 0) is 6.42 Å². The quantitative estimate of drug-likeness (QED) is 0.647. The van der Waals surface area contributed by atoms with E-state index in [2.05, 4.69) is 69.7 Å². The van der Waals surface area contributed by atoms with Gasteiger partial charge in [-0.25, -0.2) is 0 Å². The van der Waals surface area contributed by atoms with Crippen LogP contribution in [0, 0.1) is 5.41 Å². The molecule has 0 unspecified atom stereocenters. The van der Waals surface area contributed by atoms with Gasteiger partial charge in [0.15, 0.2) is 0 Å². The molecule has 2 heterocycles. The van der Waals surface area contributed by atoms with E-state index in [0.717, 1.165) is 23.3 Å². The lowest BCUT2D eigenvalue weighted by molar-refractivity contribution is 0.420. The fourth-order valence-corrected chi connectivity index (χ4v) is 3.77. The number of allylic oxidation sites excluding steroid dienone is 5. The minimum atomic E-state index is 0.0866. The summed E-state index contributed by atoms with van der Waals surface area (Å²) in [5, 5.41) is 0. The zero-order chi connectivity index (χ0) is 16.1. The highest BCUT2D eigenvalue weighted by Crippen LogP contribution is 2.53. The summed E-state index contributed by atoms with van der Waals surface area (Å²) in [4.78, 5) is 2.30. The Balaban J connectivity index is 2.38. The Bertz CT molecular complexity index is 756. The van der Waals surface area contributed by atoms with Gasteiger partial charge in [0.1, 0.15) is 0 Å². The minimum Gasteiger partial charge on any atom is -0.313 e. The van der Waals surface area contributed by atoms with E-state index in [4.69, 9.17) is 0 Å². The summed E-state index contributed by atoms with van der Waals surface area (Å²) in [6, 6.07) is 6.54. The van der Waals surface area contributed by atoms with Crippen molar-refractivity contribution in [2.24, 2.45) is 5.41 Å². The average molecular weight is 289 g/mol. The first kappa shape index (κ1) is 14.6. The number of nitrogens with zero attached hydrogens (tertiary/aromatic N) is 1. The Morgan fingerprint density at radius 3 is 2.59 bits per heavy atom. The van der Waals surface area contributed by atoms with E-state index in [1.165, 1.54) is 22.5 Å². The minimum absolute atomic E-state index is 0.0866. The fraction of sp³-hybridized carbons (Fsp3) is 0.238. The van der Waals surface area contributed by atoms with Crippen molar-refractivity contribution in [1.29, 1.82) is 0 Å². The molecule has 0 amide bonds. The van der Waals surface area contributed by atoms with Crippen molar-refractivity contribution >= 4 is 11.3 Å². The van der Waals surface area contributed by atoms with Gasteiger partial charge >= 0.3 is 0 Å². The second kappa shape index (κ2) is 4.88. The molecule has 112 valence electrons. The molecular formula is C21H23N. The molecule has 3 rings (SSSR count). The maximum atomic E-state index is 4.33. The van der Waals surface area contributed by atoms with Crippen LogP contribution in [0.4, 0.5) is 5.69 Å². The summed E-state index contributed by atoms with van der Waals surface area (Å²) in [7, 11) is 0. The van der Waals surface area contributed by atoms with Crippen LogP contribution < -0.4 is 4.90 Å². The molecule has 1 heteroatoms. The molecule has 0 fully saturated rings. The molecule has 22 heavy (non-hydrogen) atoms. The molecule has 2 aliphatic rings. The molecule has 0 spiro atoms. The van der Waals surface area contributed by atoms with Crippen LogP contribution in [0.1, 0.15) is 31.9 Å². The van der Waals surface area contributed by atoms with Crippen LogP contribution in [0.25, 0.3) is 5.57 Å². The lowest BCUT2D eigenvalue weighted by Gasteiger charge is -2.48. The lowest BCUT2D eigenvalue weighted by Crippen LogP contribution is -2.40. The van der Waals surface area contributed by atoms with Gasteiger partial charge in [-0.05, 0) is 30.1 Å². The zero-order valence-corrected chi connectivity index (χ0v) is 13.7. The van der Waals surface area contributed by atoms with Crippen molar-refractivity contribution in [3.63, 3.8) is 0 Å². The van der Waals surface area contributed by atoms with E-state index in [9.17, 15) is 0 Å². The molecule has 0 atom stereocenters. The monoisotopic (exact) mass is 289 g/mol. The van der Waals surface area contributed by atoms with Crippen LogP contribution in [0.5, 0.6) is 0 Å². The SMILES string of the molecule is C=CC=C1C(=C)C(=C)N2C(=CC)C(C)(C)Cc3cccc1c32. The number of rotatable bonds is 1. The zero-order valence-electron chi connectivity index (χ0n) is 13.7. The van der Waals surface area contributed by atoms with E-state index in [0.29, 0.717) is 0 Å². The number of para-hydroxylation sites is 1. The summed E-state index contributed by atoms with van der Waals surface area (Å²) in [6.45, 7) is 19.1. The third-order valence-electron chi connectivity index (χ3n) is 4.70. The Hall–Kier alpha value is -2.28. The predicted molar refractivity (Wildman–Crippen MR) is 96.6 cm³/mol. The average Bonchev–Trinajstić information content (AvgIpc) is 2.47. The normalized spacial score (nSPS) is 23.0. The molecule has 0 aromatic heterocycles. The summed E-state index contributed by atoms with van der Waals surface area (Å²) < 4.78 is 0. The van der Waals surface area contributed by atoms with Crippen molar-refractivity contribution in [1.82, 2.24) is 0 Å². The van der Waals surface area contributed by atoms with Gasteiger partial charge in [-0.3, -0.25) is 0 Å². The van der Waals surface area contributed by atoms with Crippen molar-refractivity contribution in [3.05, 3.63) is 84.3 Å². The second-order valence-electron chi connectivity index (χ2n) is 6.62. The van der Waals surface area contributed by atoms with E-state index < -0.39 is 0 Å². The van der Waals surface area contributed by atoms with Crippen LogP contribution in [-0.4, -0.2) is 0 Å². The number of benzene rings is 1. The van der Waals surface area contributed by atoms with E-state index >= 15 is 0 Å². The number of anilines is 1. The molecule has 0 aliphatic carbocycles.